The van der Waals surface area contributed by atoms with Gasteiger partial charge in [-0.15, -0.1) is 11.8 Å². The van der Waals surface area contributed by atoms with E-state index in [9.17, 15) is 13.6 Å². The fourth-order valence-electron chi connectivity index (χ4n) is 4.97. The minimum atomic E-state index is -1.04. The van der Waals surface area contributed by atoms with Crippen molar-refractivity contribution in [1.29, 1.82) is 0 Å². The van der Waals surface area contributed by atoms with Crippen molar-refractivity contribution in [3.8, 4) is 5.75 Å². The molecular formula is C26H38F2O2S. The Hall–Kier alpha value is -1.10. The number of hydrogen-bond donors (Lipinski definition) is 0. The lowest BCUT2D eigenvalue weighted by molar-refractivity contribution is -0.140. The number of carbonyl (C=O) groups excluding carboxylic acids is 1. The van der Waals surface area contributed by atoms with Crippen molar-refractivity contribution < 1.29 is 18.3 Å². The normalized spacial score (nSPS) is 26.6. The number of unbranched alkanes of at least 4 members (excludes halogenated alkanes) is 2. The summed E-state index contributed by atoms with van der Waals surface area (Å²) in [7, 11) is 0. The first kappa shape index (κ1) is 24.5. The van der Waals surface area contributed by atoms with Crippen LogP contribution in [-0.2, 0) is 4.79 Å². The summed E-state index contributed by atoms with van der Waals surface area (Å²) < 4.78 is 34.4. The maximum absolute atomic E-state index is 14.6. The second-order valence-electron chi connectivity index (χ2n) is 9.76. The Morgan fingerprint density at radius 1 is 0.968 bits per heavy atom. The third-order valence-corrected chi connectivity index (χ3v) is 8.49. The van der Waals surface area contributed by atoms with Crippen LogP contribution in [0.25, 0.3) is 0 Å². The average Bonchev–Trinajstić information content (AvgIpc) is 2.78. The molecule has 2 aliphatic rings. The van der Waals surface area contributed by atoms with Gasteiger partial charge in [0.05, 0.1) is 5.92 Å². The van der Waals surface area contributed by atoms with Crippen molar-refractivity contribution in [1.82, 2.24) is 0 Å². The summed E-state index contributed by atoms with van der Waals surface area (Å²) in [6.45, 7) is 4.41. The fraction of sp³-hybridized carbons (Fsp3) is 0.731. The van der Waals surface area contributed by atoms with E-state index in [1.807, 2.05) is 0 Å². The first-order valence-corrected chi connectivity index (χ1v) is 13.3. The third-order valence-electron chi connectivity index (χ3n) is 7.23. The molecule has 2 nitrogen and oxygen atoms in total. The molecule has 0 heterocycles. The van der Waals surface area contributed by atoms with E-state index in [2.05, 4.69) is 13.8 Å². The fourth-order valence-corrected chi connectivity index (χ4v) is 6.10. The molecule has 0 amide bonds. The maximum Gasteiger partial charge on any atom is 0.314 e. The van der Waals surface area contributed by atoms with Crippen LogP contribution in [0, 0.1) is 35.3 Å². The predicted molar refractivity (Wildman–Crippen MR) is 123 cm³/mol. The molecule has 0 N–H and O–H groups in total. The third kappa shape index (κ3) is 7.20. The number of esters is 1. The van der Waals surface area contributed by atoms with Gasteiger partial charge in [0.1, 0.15) is 0 Å². The zero-order valence-corrected chi connectivity index (χ0v) is 20.0. The van der Waals surface area contributed by atoms with E-state index in [1.165, 1.54) is 69.2 Å². The molecule has 0 spiro atoms. The average molecular weight is 453 g/mol. The standard InChI is InChI=1S/C26H38F2O2S/c1-3-4-5-6-19-9-11-20(12-10-19)17-31-23-16-15-22(24(27)25(23)28)30-26(29)21-13-7-18(2)8-14-21/h15-16,18-21H,3-14,17H2,1-2H3. The molecule has 0 bridgehead atoms. The molecule has 0 saturated heterocycles. The van der Waals surface area contributed by atoms with Crippen LogP contribution in [0.15, 0.2) is 17.0 Å². The molecule has 5 heteroatoms. The molecule has 2 aliphatic carbocycles. The molecule has 0 radical (unpaired) electrons. The van der Waals surface area contributed by atoms with E-state index in [0.717, 1.165) is 37.4 Å². The smallest absolute Gasteiger partial charge is 0.314 e. The first-order valence-electron chi connectivity index (χ1n) is 12.3. The van der Waals surface area contributed by atoms with E-state index in [0.29, 0.717) is 16.7 Å². The summed E-state index contributed by atoms with van der Waals surface area (Å²) >= 11 is 1.39. The summed E-state index contributed by atoms with van der Waals surface area (Å²) in [5.41, 5.74) is 0. The summed E-state index contributed by atoms with van der Waals surface area (Å²) in [6, 6.07) is 2.97. The highest BCUT2D eigenvalue weighted by Gasteiger charge is 2.28. The van der Waals surface area contributed by atoms with Gasteiger partial charge >= 0.3 is 5.97 Å². The molecule has 174 valence electrons. The van der Waals surface area contributed by atoms with Gasteiger partial charge in [-0.05, 0) is 68.4 Å². The lowest BCUT2D eigenvalue weighted by atomic mass is 9.80. The second kappa shape index (κ2) is 12.2. The highest BCUT2D eigenvalue weighted by Crippen LogP contribution is 2.37. The quantitative estimate of drug-likeness (QED) is 0.164. The van der Waals surface area contributed by atoms with Crippen molar-refractivity contribution in [2.24, 2.45) is 23.7 Å². The van der Waals surface area contributed by atoms with Gasteiger partial charge in [-0.1, -0.05) is 52.4 Å². The maximum atomic E-state index is 14.6. The highest BCUT2D eigenvalue weighted by molar-refractivity contribution is 7.99. The van der Waals surface area contributed by atoms with Gasteiger partial charge < -0.3 is 4.74 Å². The van der Waals surface area contributed by atoms with E-state index >= 15 is 0 Å². The Balaban J connectivity index is 1.46. The van der Waals surface area contributed by atoms with Crippen LogP contribution < -0.4 is 4.74 Å². The summed E-state index contributed by atoms with van der Waals surface area (Å²) in [6.07, 6.45) is 13.7. The van der Waals surface area contributed by atoms with Crippen LogP contribution in [-0.4, -0.2) is 11.7 Å². The molecule has 1 aromatic rings. The molecule has 2 fully saturated rings. The van der Waals surface area contributed by atoms with Gasteiger partial charge in [-0.25, -0.2) is 4.39 Å². The predicted octanol–water partition coefficient (Wildman–Crippen LogP) is 8.18. The van der Waals surface area contributed by atoms with E-state index in [4.69, 9.17) is 4.74 Å². The number of halogens is 2. The Morgan fingerprint density at radius 2 is 1.65 bits per heavy atom. The monoisotopic (exact) mass is 452 g/mol. The Morgan fingerprint density at radius 3 is 2.32 bits per heavy atom. The van der Waals surface area contributed by atoms with E-state index in [-0.39, 0.29) is 11.7 Å². The van der Waals surface area contributed by atoms with Crippen LogP contribution in [0.1, 0.15) is 90.9 Å². The van der Waals surface area contributed by atoms with Crippen LogP contribution >= 0.6 is 11.8 Å². The van der Waals surface area contributed by atoms with Crippen molar-refractivity contribution in [3.63, 3.8) is 0 Å². The highest BCUT2D eigenvalue weighted by atomic mass is 32.2. The van der Waals surface area contributed by atoms with Crippen molar-refractivity contribution in [2.45, 2.75) is 95.8 Å². The molecule has 0 aliphatic heterocycles. The largest absolute Gasteiger partial charge is 0.423 e. The SMILES string of the molecule is CCCCCC1CCC(CSc2ccc(OC(=O)C3CCC(C)CC3)c(F)c2F)CC1. The van der Waals surface area contributed by atoms with Gasteiger partial charge in [0, 0.05) is 10.6 Å². The molecular weight excluding hydrogens is 414 g/mol. The van der Waals surface area contributed by atoms with Gasteiger partial charge in [0.2, 0.25) is 5.82 Å². The van der Waals surface area contributed by atoms with Crippen molar-refractivity contribution >= 4 is 17.7 Å². The number of thioether (sulfide) groups is 1. The topological polar surface area (TPSA) is 26.3 Å². The van der Waals surface area contributed by atoms with E-state index < -0.39 is 17.6 Å². The van der Waals surface area contributed by atoms with Gasteiger partial charge in [-0.2, -0.15) is 4.39 Å². The van der Waals surface area contributed by atoms with Crippen LogP contribution in [0.3, 0.4) is 0 Å². The molecule has 2 saturated carbocycles. The van der Waals surface area contributed by atoms with Crippen molar-refractivity contribution in [2.75, 3.05) is 5.75 Å². The summed E-state index contributed by atoms with van der Waals surface area (Å²) in [5.74, 6) is 0.0134. The number of carbonyl (C=O) groups is 1. The first-order chi connectivity index (χ1) is 15.0. The van der Waals surface area contributed by atoms with Gasteiger partial charge in [0.25, 0.3) is 0 Å². The Bertz CT molecular complexity index is 708. The molecule has 0 unspecified atom stereocenters. The summed E-state index contributed by atoms with van der Waals surface area (Å²) in [4.78, 5) is 12.7. The van der Waals surface area contributed by atoms with Crippen molar-refractivity contribution in [3.05, 3.63) is 23.8 Å². The minimum Gasteiger partial charge on any atom is -0.423 e. The molecule has 31 heavy (non-hydrogen) atoms. The number of benzene rings is 1. The number of hydrogen-bond acceptors (Lipinski definition) is 3. The molecule has 3 rings (SSSR count). The Kier molecular flexibility index (Phi) is 9.68. The number of rotatable bonds is 9. The Labute approximate surface area is 190 Å². The van der Waals surface area contributed by atoms with Crippen LogP contribution in [0.2, 0.25) is 0 Å². The molecule has 0 atom stereocenters. The summed E-state index contributed by atoms with van der Waals surface area (Å²) in [5, 5.41) is 0. The zero-order valence-electron chi connectivity index (χ0n) is 19.1. The van der Waals surface area contributed by atoms with E-state index in [1.54, 1.807) is 6.07 Å². The molecule has 1 aromatic carbocycles. The van der Waals surface area contributed by atoms with Gasteiger partial charge in [0.15, 0.2) is 11.6 Å². The zero-order chi connectivity index (χ0) is 22.2. The second-order valence-corrected chi connectivity index (χ2v) is 10.8. The number of ether oxygens (including phenoxy) is 1. The van der Waals surface area contributed by atoms with Crippen LogP contribution in [0.5, 0.6) is 5.75 Å². The van der Waals surface area contributed by atoms with Crippen LogP contribution in [0.4, 0.5) is 8.78 Å². The minimum absolute atomic E-state index is 0.204. The van der Waals surface area contributed by atoms with Gasteiger partial charge in [-0.3, -0.25) is 4.79 Å². The lowest BCUT2D eigenvalue weighted by Gasteiger charge is -2.28. The lowest BCUT2D eigenvalue weighted by Crippen LogP contribution is -2.25. The molecule has 0 aromatic heterocycles.